The van der Waals surface area contributed by atoms with Crippen molar-refractivity contribution in [3.8, 4) is 0 Å². The Kier molecular flexibility index (Phi) is 2.95. The van der Waals surface area contributed by atoms with E-state index < -0.39 is 0 Å². The summed E-state index contributed by atoms with van der Waals surface area (Å²) in [6.07, 6.45) is 0. The van der Waals surface area contributed by atoms with Gasteiger partial charge in [0.1, 0.15) is 0 Å². The van der Waals surface area contributed by atoms with Gasteiger partial charge in [-0.1, -0.05) is 65.0 Å². The van der Waals surface area contributed by atoms with Gasteiger partial charge in [0.2, 0.25) is 0 Å². The van der Waals surface area contributed by atoms with Gasteiger partial charge in [0.15, 0.2) is 0 Å². The van der Waals surface area contributed by atoms with Crippen molar-refractivity contribution in [1.82, 2.24) is 0 Å². The van der Waals surface area contributed by atoms with E-state index in [1.807, 2.05) is 11.3 Å². The van der Waals surface area contributed by atoms with E-state index in [4.69, 9.17) is 0 Å². The van der Waals surface area contributed by atoms with Crippen molar-refractivity contribution in [2.75, 3.05) is 0 Å². The molecule has 20 heavy (non-hydrogen) atoms. The molecule has 104 valence electrons. The predicted octanol–water partition coefficient (Wildman–Crippen LogP) is 6.38. The number of hydrogen-bond donors (Lipinski definition) is 0. The van der Waals surface area contributed by atoms with Crippen LogP contribution in [0.15, 0.2) is 42.5 Å². The molecule has 0 fully saturated rings. The SMILES string of the molecule is CC(C)(C)C(C)(C)c1cccc2sc3ccccc3c12. The number of fused-ring (bicyclic) bond motifs is 3. The third-order valence-electron chi connectivity index (χ3n) is 4.95. The van der Waals surface area contributed by atoms with E-state index in [0.29, 0.717) is 0 Å². The molecule has 0 saturated carbocycles. The van der Waals surface area contributed by atoms with Crippen LogP contribution in [0.4, 0.5) is 0 Å². The lowest BCUT2D eigenvalue weighted by Gasteiger charge is -2.40. The van der Waals surface area contributed by atoms with Crippen LogP contribution in [0.5, 0.6) is 0 Å². The van der Waals surface area contributed by atoms with Gasteiger partial charge < -0.3 is 0 Å². The molecule has 0 amide bonds. The largest absolute Gasteiger partial charge is 0.135 e. The summed E-state index contributed by atoms with van der Waals surface area (Å²) in [5, 5.41) is 2.86. The molecule has 0 atom stereocenters. The van der Waals surface area contributed by atoms with Gasteiger partial charge in [0.25, 0.3) is 0 Å². The third kappa shape index (κ3) is 1.88. The molecule has 1 heterocycles. The number of hydrogen-bond acceptors (Lipinski definition) is 1. The summed E-state index contributed by atoms with van der Waals surface area (Å²) in [6, 6.07) is 15.5. The Bertz CT molecular complexity index is 769. The van der Waals surface area contributed by atoms with E-state index in [9.17, 15) is 0 Å². The van der Waals surface area contributed by atoms with Crippen molar-refractivity contribution in [3.05, 3.63) is 48.0 Å². The molecule has 0 saturated heterocycles. The maximum atomic E-state index is 2.37. The van der Waals surface area contributed by atoms with Gasteiger partial charge in [-0.3, -0.25) is 0 Å². The summed E-state index contributed by atoms with van der Waals surface area (Å²) in [4.78, 5) is 0. The van der Waals surface area contributed by atoms with E-state index in [0.717, 1.165) is 0 Å². The van der Waals surface area contributed by atoms with Gasteiger partial charge in [-0.2, -0.15) is 0 Å². The van der Waals surface area contributed by atoms with Crippen LogP contribution in [-0.2, 0) is 5.41 Å². The highest BCUT2D eigenvalue weighted by atomic mass is 32.1. The Morgan fingerprint density at radius 2 is 1.40 bits per heavy atom. The average molecular weight is 282 g/mol. The van der Waals surface area contributed by atoms with E-state index in [2.05, 4.69) is 77.1 Å². The van der Waals surface area contributed by atoms with Gasteiger partial charge in [-0.25, -0.2) is 0 Å². The highest BCUT2D eigenvalue weighted by Crippen LogP contribution is 2.46. The Morgan fingerprint density at radius 3 is 2.10 bits per heavy atom. The molecule has 0 nitrogen and oxygen atoms in total. The minimum absolute atomic E-state index is 0.135. The minimum atomic E-state index is 0.135. The molecule has 0 N–H and O–H groups in total. The van der Waals surface area contributed by atoms with E-state index in [-0.39, 0.29) is 10.8 Å². The summed E-state index contributed by atoms with van der Waals surface area (Å²) in [5.74, 6) is 0. The number of rotatable bonds is 1. The van der Waals surface area contributed by atoms with Crippen LogP contribution in [0.2, 0.25) is 0 Å². The second-order valence-electron chi connectivity index (χ2n) is 7.15. The quantitative estimate of drug-likeness (QED) is 0.486. The molecule has 0 spiro atoms. The lowest BCUT2D eigenvalue weighted by molar-refractivity contribution is 0.227. The van der Waals surface area contributed by atoms with Crippen LogP contribution in [-0.4, -0.2) is 0 Å². The first-order chi connectivity index (χ1) is 9.32. The monoisotopic (exact) mass is 282 g/mol. The summed E-state index contributed by atoms with van der Waals surface area (Å²) >= 11 is 1.90. The normalized spacial score (nSPS) is 13.2. The zero-order valence-corrected chi connectivity index (χ0v) is 13.8. The first-order valence-electron chi connectivity index (χ1n) is 7.23. The zero-order valence-electron chi connectivity index (χ0n) is 12.9. The molecule has 0 aliphatic heterocycles. The fraction of sp³-hybridized carbons (Fsp3) is 0.368. The fourth-order valence-corrected chi connectivity index (χ4v) is 3.83. The Morgan fingerprint density at radius 1 is 0.750 bits per heavy atom. The molecular formula is C19H22S. The first-order valence-corrected chi connectivity index (χ1v) is 8.05. The summed E-state index contributed by atoms with van der Waals surface area (Å²) < 4.78 is 2.79. The molecule has 1 heteroatoms. The van der Waals surface area contributed by atoms with Crippen LogP contribution in [0.1, 0.15) is 40.2 Å². The molecule has 3 aromatic rings. The molecule has 0 unspecified atom stereocenters. The Hall–Kier alpha value is -1.34. The van der Waals surface area contributed by atoms with Crippen molar-refractivity contribution in [1.29, 1.82) is 0 Å². The predicted molar refractivity (Wildman–Crippen MR) is 91.8 cm³/mol. The van der Waals surface area contributed by atoms with Crippen LogP contribution in [0.3, 0.4) is 0 Å². The maximum absolute atomic E-state index is 2.37. The molecule has 2 aromatic carbocycles. The minimum Gasteiger partial charge on any atom is -0.135 e. The molecular weight excluding hydrogens is 260 g/mol. The summed E-state index contributed by atoms with van der Waals surface area (Å²) in [7, 11) is 0. The van der Waals surface area contributed by atoms with Gasteiger partial charge in [0, 0.05) is 20.2 Å². The van der Waals surface area contributed by atoms with Gasteiger partial charge in [-0.05, 0) is 28.5 Å². The molecule has 1 aromatic heterocycles. The molecule has 0 aliphatic carbocycles. The average Bonchev–Trinajstić information content (AvgIpc) is 2.75. The van der Waals surface area contributed by atoms with Crippen LogP contribution in [0.25, 0.3) is 20.2 Å². The van der Waals surface area contributed by atoms with Gasteiger partial charge >= 0.3 is 0 Å². The third-order valence-corrected chi connectivity index (χ3v) is 6.09. The van der Waals surface area contributed by atoms with Crippen LogP contribution < -0.4 is 0 Å². The van der Waals surface area contributed by atoms with Crippen LogP contribution in [0, 0.1) is 5.41 Å². The van der Waals surface area contributed by atoms with E-state index in [1.54, 1.807) is 0 Å². The Labute approximate surface area is 125 Å². The highest BCUT2D eigenvalue weighted by Gasteiger charge is 2.35. The zero-order chi connectivity index (χ0) is 14.5. The summed E-state index contributed by atoms with van der Waals surface area (Å²) in [5.41, 5.74) is 1.83. The lowest BCUT2D eigenvalue weighted by Crippen LogP contribution is -2.34. The van der Waals surface area contributed by atoms with E-state index in [1.165, 1.54) is 25.7 Å². The molecule has 3 rings (SSSR count). The van der Waals surface area contributed by atoms with Crippen LogP contribution >= 0.6 is 11.3 Å². The number of benzene rings is 2. The summed E-state index contributed by atoms with van der Waals surface area (Å²) in [6.45, 7) is 11.7. The number of thiophene rings is 1. The van der Waals surface area contributed by atoms with Gasteiger partial charge in [0.05, 0.1) is 0 Å². The fourth-order valence-electron chi connectivity index (χ4n) is 2.70. The first kappa shape index (κ1) is 13.6. The second-order valence-corrected chi connectivity index (χ2v) is 8.24. The van der Waals surface area contributed by atoms with Crippen molar-refractivity contribution in [2.24, 2.45) is 5.41 Å². The smallest absolute Gasteiger partial charge is 0.0358 e. The van der Waals surface area contributed by atoms with Crippen molar-refractivity contribution < 1.29 is 0 Å². The Balaban J connectivity index is 2.42. The second kappa shape index (κ2) is 4.33. The standard InChI is InChI=1S/C19H22S/c1-18(2,3)19(4,5)14-10-8-12-16-17(14)13-9-6-7-11-15(13)20-16/h6-12H,1-5H3. The molecule has 0 aliphatic rings. The van der Waals surface area contributed by atoms with Crippen molar-refractivity contribution in [2.45, 2.75) is 40.0 Å². The topological polar surface area (TPSA) is 0 Å². The molecule has 0 radical (unpaired) electrons. The van der Waals surface area contributed by atoms with E-state index >= 15 is 0 Å². The maximum Gasteiger partial charge on any atom is 0.0358 e. The van der Waals surface area contributed by atoms with Crippen molar-refractivity contribution >= 4 is 31.5 Å². The highest BCUT2D eigenvalue weighted by molar-refractivity contribution is 7.25. The van der Waals surface area contributed by atoms with Gasteiger partial charge in [-0.15, -0.1) is 11.3 Å². The molecule has 0 bridgehead atoms. The lowest BCUT2D eigenvalue weighted by atomic mass is 9.64. The van der Waals surface area contributed by atoms with Crippen molar-refractivity contribution in [3.63, 3.8) is 0 Å².